The Labute approximate surface area is 90.8 Å². The molecular weight excluding hydrogens is 192 g/mol. The number of ether oxygens (including phenoxy) is 1. The second-order valence-corrected chi connectivity index (χ2v) is 4.25. The zero-order valence-corrected chi connectivity index (χ0v) is 9.45. The molecule has 1 aliphatic heterocycles. The van der Waals surface area contributed by atoms with Crippen molar-refractivity contribution in [1.82, 2.24) is 4.90 Å². The SMILES string of the molecule is CCOC(=O)CN1CCC(C)(C#N)CC1. The quantitative estimate of drug-likeness (QED) is 0.656. The minimum Gasteiger partial charge on any atom is -0.465 e. The number of nitrogens with zero attached hydrogens (tertiary/aromatic N) is 2. The summed E-state index contributed by atoms with van der Waals surface area (Å²) in [5.74, 6) is -0.168. The van der Waals surface area contributed by atoms with Crippen molar-refractivity contribution in [2.45, 2.75) is 26.7 Å². The van der Waals surface area contributed by atoms with Crippen LogP contribution in [0, 0.1) is 16.7 Å². The molecule has 1 aliphatic rings. The molecule has 0 N–H and O–H groups in total. The number of likely N-dealkylation sites (tertiary alicyclic amines) is 1. The van der Waals surface area contributed by atoms with Gasteiger partial charge in [-0.05, 0) is 26.7 Å². The first-order chi connectivity index (χ1) is 7.09. The van der Waals surface area contributed by atoms with Crippen LogP contribution >= 0.6 is 0 Å². The van der Waals surface area contributed by atoms with Crippen LogP contribution in [0.25, 0.3) is 0 Å². The number of carbonyl (C=O) groups is 1. The van der Waals surface area contributed by atoms with Gasteiger partial charge in [-0.3, -0.25) is 9.69 Å². The first-order valence-corrected chi connectivity index (χ1v) is 5.39. The number of esters is 1. The third-order valence-electron chi connectivity index (χ3n) is 2.89. The number of hydrogen-bond acceptors (Lipinski definition) is 4. The molecule has 4 nitrogen and oxygen atoms in total. The summed E-state index contributed by atoms with van der Waals surface area (Å²) in [5, 5.41) is 8.94. The van der Waals surface area contributed by atoms with Gasteiger partial charge in [-0.2, -0.15) is 5.26 Å². The third-order valence-corrected chi connectivity index (χ3v) is 2.89. The molecule has 1 saturated heterocycles. The molecule has 0 aromatic carbocycles. The van der Waals surface area contributed by atoms with E-state index in [-0.39, 0.29) is 11.4 Å². The zero-order chi connectivity index (χ0) is 11.3. The molecule has 0 bridgehead atoms. The van der Waals surface area contributed by atoms with Crippen LogP contribution in [0.1, 0.15) is 26.7 Å². The Morgan fingerprint density at radius 3 is 2.60 bits per heavy atom. The normalized spacial score (nSPS) is 20.6. The highest BCUT2D eigenvalue weighted by Crippen LogP contribution is 2.29. The van der Waals surface area contributed by atoms with E-state index in [1.807, 2.05) is 6.92 Å². The summed E-state index contributed by atoms with van der Waals surface area (Å²) >= 11 is 0. The summed E-state index contributed by atoms with van der Waals surface area (Å²) in [7, 11) is 0. The van der Waals surface area contributed by atoms with Crippen LogP contribution in [-0.2, 0) is 9.53 Å². The van der Waals surface area contributed by atoms with Gasteiger partial charge in [0.1, 0.15) is 0 Å². The average Bonchev–Trinajstić information content (AvgIpc) is 2.22. The van der Waals surface area contributed by atoms with Crippen molar-refractivity contribution in [3.05, 3.63) is 0 Å². The second-order valence-electron chi connectivity index (χ2n) is 4.25. The van der Waals surface area contributed by atoms with Crippen molar-refractivity contribution in [1.29, 1.82) is 5.26 Å². The van der Waals surface area contributed by atoms with E-state index in [2.05, 4.69) is 11.0 Å². The van der Waals surface area contributed by atoms with Crippen LogP contribution in [0.4, 0.5) is 0 Å². The highest BCUT2D eigenvalue weighted by atomic mass is 16.5. The minimum atomic E-state index is -0.203. The van der Waals surface area contributed by atoms with Crippen molar-refractivity contribution >= 4 is 5.97 Å². The summed E-state index contributed by atoms with van der Waals surface area (Å²) < 4.78 is 4.88. The number of hydrogen-bond donors (Lipinski definition) is 0. The molecule has 0 radical (unpaired) electrons. The molecule has 15 heavy (non-hydrogen) atoms. The van der Waals surface area contributed by atoms with E-state index in [9.17, 15) is 4.79 Å². The maximum atomic E-state index is 11.2. The standard InChI is InChI=1S/C11H18N2O2/c1-3-15-10(14)8-13-6-4-11(2,9-12)5-7-13/h3-8H2,1-2H3. The Kier molecular flexibility index (Phi) is 4.10. The fraction of sp³-hybridized carbons (Fsp3) is 0.818. The number of nitriles is 1. The second kappa shape index (κ2) is 5.13. The van der Waals surface area contributed by atoms with E-state index < -0.39 is 0 Å². The third kappa shape index (κ3) is 3.52. The highest BCUT2D eigenvalue weighted by molar-refractivity contribution is 5.71. The maximum absolute atomic E-state index is 11.2. The number of piperidine rings is 1. The number of rotatable bonds is 3. The van der Waals surface area contributed by atoms with E-state index in [0.29, 0.717) is 13.2 Å². The molecule has 0 aromatic heterocycles. The molecule has 0 atom stereocenters. The van der Waals surface area contributed by atoms with E-state index in [1.165, 1.54) is 0 Å². The molecule has 1 fully saturated rings. The van der Waals surface area contributed by atoms with Crippen molar-refractivity contribution < 1.29 is 9.53 Å². The minimum absolute atomic E-state index is 0.168. The van der Waals surface area contributed by atoms with Gasteiger partial charge in [0.25, 0.3) is 0 Å². The fourth-order valence-corrected chi connectivity index (χ4v) is 1.71. The van der Waals surface area contributed by atoms with Gasteiger partial charge in [-0.25, -0.2) is 0 Å². The molecule has 4 heteroatoms. The molecular formula is C11H18N2O2. The van der Waals surface area contributed by atoms with Gasteiger partial charge < -0.3 is 4.74 Å². The molecule has 0 saturated carbocycles. The van der Waals surface area contributed by atoms with Gasteiger partial charge >= 0.3 is 5.97 Å². The molecule has 0 aliphatic carbocycles. The summed E-state index contributed by atoms with van der Waals surface area (Å²) in [6, 6.07) is 2.34. The van der Waals surface area contributed by atoms with Gasteiger partial charge in [0.15, 0.2) is 0 Å². The van der Waals surface area contributed by atoms with Crippen LogP contribution in [-0.4, -0.2) is 37.1 Å². The highest BCUT2D eigenvalue weighted by Gasteiger charge is 2.30. The molecule has 0 spiro atoms. The van der Waals surface area contributed by atoms with Crippen LogP contribution in [0.2, 0.25) is 0 Å². The summed E-state index contributed by atoms with van der Waals surface area (Å²) in [4.78, 5) is 13.3. The molecule has 0 unspecified atom stereocenters. The molecule has 1 heterocycles. The van der Waals surface area contributed by atoms with Crippen LogP contribution in [0.15, 0.2) is 0 Å². The van der Waals surface area contributed by atoms with Gasteiger partial charge in [-0.15, -0.1) is 0 Å². The lowest BCUT2D eigenvalue weighted by Crippen LogP contribution is -2.41. The first-order valence-electron chi connectivity index (χ1n) is 5.39. The summed E-state index contributed by atoms with van der Waals surface area (Å²) in [6.45, 7) is 6.19. The summed E-state index contributed by atoms with van der Waals surface area (Å²) in [5.41, 5.74) is -0.203. The zero-order valence-electron chi connectivity index (χ0n) is 9.45. The molecule has 84 valence electrons. The Morgan fingerprint density at radius 2 is 2.13 bits per heavy atom. The molecule has 0 aromatic rings. The van der Waals surface area contributed by atoms with Gasteiger partial charge in [0, 0.05) is 13.1 Å². The van der Waals surface area contributed by atoms with Crippen LogP contribution in [0.5, 0.6) is 0 Å². The Balaban J connectivity index is 2.32. The predicted octanol–water partition coefficient (Wildman–Crippen LogP) is 1.18. The first kappa shape index (κ1) is 12.0. The van der Waals surface area contributed by atoms with Gasteiger partial charge in [0.05, 0.1) is 24.6 Å². The van der Waals surface area contributed by atoms with Gasteiger partial charge in [0.2, 0.25) is 0 Å². The average molecular weight is 210 g/mol. The monoisotopic (exact) mass is 210 g/mol. The molecule has 0 amide bonds. The Morgan fingerprint density at radius 1 is 1.53 bits per heavy atom. The van der Waals surface area contributed by atoms with E-state index in [1.54, 1.807) is 6.92 Å². The van der Waals surface area contributed by atoms with Gasteiger partial charge in [-0.1, -0.05) is 0 Å². The Hall–Kier alpha value is -1.08. The van der Waals surface area contributed by atoms with Crippen LogP contribution in [0.3, 0.4) is 0 Å². The maximum Gasteiger partial charge on any atom is 0.320 e. The topological polar surface area (TPSA) is 53.3 Å². The smallest absolute Gasteiger partial charge is 0.320 e. The molecule has 1 rings (SSSR count). The predicted molar refractivity (Wildman–Crippen MR) is 56.0 cm³/mol. The number of carbonyl (C=O) groups excluding carboxylic acids is 1. The van der Waals surface area contributed by atoms with E-state index >= 15 is 0 Å². The van der Waals surface area contributed by atoms with Crippen LogP contribution < -0.4 is 0 Å². The van der Waals surface area contributed by atoms with E-state index in [4.69, 9.17) is 10.00 Å². The van der Waals surface area contributed by atoms with Crippen molar-refractivity contribution in [3.63, 3.8) is 0 Å². The lowest BCUT2D eigenvalue weighted by atomic mass is 9.82. The largest absolute Gasteiger partial charge is 0.465 e. The Bertz CT molecular complexity index is 262. The fourth-order valence-electron chi connectivity index (χ4n) is 1.71. The van der Waals surface area contributed by atoms with E-state index in [0.717, 1.165) is 25.9 Å². The van der Waals surface area contributed by atoms with Crippen molar-refractivity contribution in [2.24, 2.45) is 5.41 Å². The lowest BCUT2D eigenvalue weighted by molar-refractivity contribution is -0.144. The lowest BCUT2D eigenvalue weighted by Gasteiger charge is -2.34. The van der Waals surface area contributed by atoms with Crippen molar-refractivity contribution in [3.8, 4) is 6.07 Å². The summed E-state index contributed by atoms with van der Waals surface area (Å²) in [6.07, 6.45) is 1.67. The van der Waals surface area contributed by atoms with Crippen molar-refractivity contribution in [2.75, 3.05) is 26.2 Å².